The Morgan fingerprint density at radius 3 is 2.76 bits per heavy atom. The monoisotopic (exact) mass is 367 g/mol. The molecule has 0 spiro atoms. The predicted molar refractivity (Wildman–Crippen MR) is 88.2 cm³/mol. The van der Waals surface area contributed by atoms with Gasteiger partial charge in [-0.05, 0) is 58.7 Å². The van der Waals surface area contributed by atoms with E-state index in [0.29, 0.717) is 23.7 Å². The van der Waals surface area contributed by atoms with Crippen LogP contribution in [0.3, 0.4) is 0 Å². The highest BCUT2D eigenvalue weighted by Crippen LogP contribution is 2.20. The molecule has 0 aliphatic carbocycles. The van der Waals surface area contributed by atoms with Crippen LogP contribution in [0.4, 0.5) is 0 Å². The summed E-state index contributed by atoms with van der Waals surface area (Å²) in [5, 5.41) is 3.53. The highest BCUT2D eigenvalue weighted by molar-refractivity contribution is 9.10. The molecule has 0 aromatic heterocycles. The average molecular weight is 369 g/mol. The van der Waals surface area contributed by atoms with Crippen LogP contribution in [0.2, 0.25) is 5.02 Å². The van der Waals surface area contributed by atoms with E-state index in [4.69, 9.17) is 16.3 Å². The van der Waals surface area contributed by atoms with Crippen molar-refractivity contribution in [3.8, 4) is 5.75 Å². The second kappa shape index (κ2) is 7.48. The fourth-order valence-corrected chi connectivity index (χ4v) is 2.36. The number of ether oxygens (including phenoxy) is 1. The van der Waals surface area contributed by atoms with Gasteiger partial charge >= 0.3 is 0 Å². The minimum atomic E-state index is -0.127. The van der Waals surface area contributed by atoms with E-state index < -0.39 is 0 Å². The molecule has 0 saturated carbocycles. The molecule has 0 radical (unpaired) electrons. The number of hydrogen-bond donors (Lipinski definition) is 1. The number of benzene rings is 2. The lowest BCUT2D eigenvalue weighted by Gasteiger charge is -2.09. The Labute approximate surface area is 137 Å². The van der Waals surface area contributed by atoms with Crippen LogP contribution in [-0.2, 0) is 0 Å². The van der Waals surface area contributed by atoms with Gasteiger partial charge in [-0.2, -0.15) is 0 Å². The first-order valence-corrected chi connectivity index (χ1v) is 7.66. The highest BCUT2D eigenvalue weighted by atomic mass is 79.9. The van der Waals surface area contributed by atoms with Crippen molar-refractivity contribution in [2.75, 3.05) is 13.2 Å². The van der Waals surface area contributed by atoms with Crippen molar-refractivity contribution in [3.05, 3.63) is 63.1 Å². The third-order valence-electron chi connectivity index (χ3n) is 2.90. The summed E-state index contributed by atoms with van der Waals surface area (Å²) in [6.45, 7) is 2.75. The summed E-state index contributed by atoms with van der Waals surface area (Å²) < 4.78 is 6.35. The van der Waals surface area contributed by atoms with E-state index in [-0.39, 0.29) is 5.91 Å². The summed E-state index contributed by atoms with van der Waals surface area (Å²) in [4.78, 5) is 12.0. The van der Waals surface area contributed by atoms with E-state index >= 15 is 0 Å². The van der Waals surface area contributed by atoms with Crippen LogP contribution in [-0.4, -0.2) is 19.1 Å². The van der Waals surface area contributed by atoms with Crippen molar-refractivity contribution in [2.24, 2.45) is 0 Å². The first kappa shape index (κ1) is 15.9. The van der Waals surface area contributed by atoms with Crippen LogP contribution in [0.1, 0.15) is 15.9 Å². The van der Waals surface area contributed by atoms with Crippen LogP contribution in [0, 0.1) is 6.92 Å². The zero-order chi connectivity index (χ0) is 15.2. The quantitative estimate of drug-likeness (QED) is 0.803. The molecule has 2 rings (SSSR count). The number of halogens is 2. The molecule has 0 atom stereocenters. The molecular weight excluding hydrogens is 354 g/mol. The third kappa shape index (κ3) is 4.48. The van der Waals surface area contributed by atoms with Gasteiger partial charge in [-0.1, -0.05) is 23.7 Å². The van der Waals surface area contributed by atoms with Crippen molar-refractivity contribution < 1.29 is 9.53 Å². The molecule has 0 saturated heterocycles. The zero-order valence-corrected chi connectivity index (χ0v) is 13.9. The third-order valence-corrected chi connectivity index (χ3v) is 4.02. The molecule has 0 fully saturated rings. The summed E-state index contributed by atoms with van der Waals surface area (Å²) in [6.07, 6.45) is 0. The van der Waals surface area contributed by atoms with E-state index in [1.165, 1.54) is 0 Å². The second-order valence-electron chi connectivity index (χ2n) is 4.50. The maximum absolute atomic E-state index is 12.0. The first-order valence-electron chi connectivity index (χ1n) is 6.49. The smallest absolute Gasteiger partial charge is 0.252 e. The number of amides is 1. The minimum absolute atomic E-state index is 0.127. The molecule has 0 aliphatic rings. The zero-order valence-electron chi connectivity index (χ0n) is 11.5. The molecule has 2 aromatic rings. The number of carbonyl (C=O) groups is 1. The number of carbonyl (C=O) groups excluding carboxylic acids is 1. The normalized spacial score (nSPS) is 10.2. The van der Waals surface area contributed by atoms with Crippen molar-refractivity contribution in [1.82, 2.24) is 5.32 Å². The molecule has 0 unspecified atom stereocenters. The Morgan fingerprint density at radius 1 is 1.29 bits per heavy atom. The van der Waals surface area contributed by atoms with Gasteiger partial charge in [-0.3, -0.25) is 4.79 Å². The summed E-state index contributed by atoms with van der Waals surface area (Å²) in [5.74, 6) is 0.616. The predicted octanol–water partition coefficient (Wildman–Crippen LogP) is 4.22. The van der Waals surface area contributed by atoms with Gasteiger partial charge in [0.25, 0.3) is 5.91 Å². The van der Waals surface area contributed by atoms with Crippen LogP contribution < -0.4 is 10.1 Å². The average Bonchev–Trinajstić information content (AvgIpc) is 2.47. The highest BCUT2D eigenvalue weighted by Gasteiger charge is 2.08. The van der Waals surface area contributed by atoms with Crippen molar-refractivity contribution >= 4 is 33.4 Å². The molecule has 0 bridgehead atoms. The lowest BCUT2D eigenvalue weighted by Crippen LogP contribution is -2.28. The lowest BCUT2D eigenvalue weighted by atomic mass is 10.2. The topological polar surface area (TPSA) is 38.3 Å². The Bertz CT molecular complexity index is 646. The SMILES string of the molecule is Cc1cc(OCCNC(=O)c2ccccc2Br)ccc1Cl. The van der Waals surface area contributed by atoms with Crippen molar-refractivity contribution in [3.63, 3.8) is 0 Å². The van der Waals surface area contributed by atoms with Gasteiger partial charge < -0.3 is 10.1 Å². The fraction of sp³-hybridized carbons (Fsp3) is 0.188. The van der Waals surface area contributed by atoms with E-state index in [2.05, 4.69) is 21.2 Å². The maximum Gasteiger partial charge on any atom is 0.252 e. The Morgan fingerprint density at radius 2 is 2.05 bits per heavy atom. The van der Waals surface area contributed by atoms with Crippen molar-refractivity contribution in [1.29, 1.82) is 0 Å². The van der Waals surface area contributed by atoms with Crippen molar-refractivity contribution in [2.45, 2.75) is 6.92 Å². The van der Waals surface area contributed by atoms with E-state index in [9.17, 15) is 4.79 Å². The standard InChI is InChI=1S/C16H15BrClNO2/c1-11-10-12(6-7-15(11)18)21-9-8-19-16(20)13-4-2-3-5-14(13)17/h2-7,10H,8-9H2,1H3,(H,19,20). The maximum atomic E-state index is 12.0. The number of aryl methyl sites for hydroxylation is 1. The molecule has 5 heteroatoms. The largest absolute Gasteiger partial charge is 0.492 e. The van der Waals surface area contributed by atoms with Gasteiger partial charge in [0.2, 0.25) is 0 Å². The summed E-state index contributed by atoms with van der Waals surface area (Å²) >= 11 is 9.30. The van der Waals surface area contributed by atoms with Crippen LogP contribution in [0.25, 0.3) is 0 Å². The first-order chi connectivity index (χ1) is 10.1. The van der Waals surface area contributed by atoms with Crippen LogP contribution in [0.15, 0.2) is 46.9 Å². The molecule has 110 valence electrons. The van der Waals surface area contributed by atoms with Crippen LogP contribution >= 0.6 is 27.5 Å². The second-order valence-corrected chi connectivity index (χ2v) is 5.76. The molecule has 0 aliphatic heterocycles. The van der Waals surface area contributed by atoms with Gasteiger partial charge in [0, 0.05) is 9.50 Å². The Hall–Kier alpha value is -1.52. The van der Waals surface area contributed by atoms with Crippen LogP contribution in [0.5, 0.6) is 5.75 Å². The van der Waals surface area contributed by atoms with Gasteiger partial charge in [0.1, 0.15) is 12.4 Å². The molecule has 1 amide bonds. The van der Waals surface area contributed by atoms with Gasteiger partial charge in [0.15, 0.2) is 0 Å². The minimum Gasteiger partial charge on any atom is -0.492 e. The Balaban J connectivity index is 1.81. The summed E-state index contributed by atoms with van der Waals surface area (Å²) in [6, 6.07) is 12.8. The molecule has 2 aromatic carbocycles. The number of hydrogen-bond acceptors (Lipinski definition) is 2. The van der Waals surface area contributed by atoms with E-state index in [0.717, 1.165) is 15.8 Å². The molecular formula is C16H15BrClNO2. The molecule has 1 N–H and O–H groups in total. The molecule has 0 heterocycles. The summed E-state index contributed by atoms with van der Waals surface area (Å²) in [7, 11) is 0. The fourth-order valence-electron chi connectivity index (χ4n) is 1.78. The Kier molecular flexibility index (Phi) is 5.65. The summed E-state index contributed by atoms with van der Waals surface area (Å²) in [5.41, 5.74) is 1.58. The molecule has 21 heavy (non-hydrogen) atoms. The van der Waals surface area contributed by atoms with E-state index in [1.807, 2.05) is 37.3 Å². The lowest BCUT2D eigenvalue weighted by molar-refractivity contribution is 0.0946. The number of nitrogens with one attached hydrogen (secondary N) is 1. The molecule has 3 nitrogen and oxygen atoms in total. The number of rotatable bonds is 5. The van der Waals surface area contributed by atoms with E-state index in [1.54, 1.807) is 12.1 Å². The van der Waals surface area contributed by atoms with Gasteiger partial charge in [0.05, 0.1) is 12.1 Å². The van der Waals surface area contributed by atoms with Gasteiger partial charge in [-0.25, -0.2) is 0 Å². The van der Waals surface area contributed by atoms with Gasteiger partial charge in [-0.15, -0.1) is 0 Å².